The number of aliphatic hydroxyl groups is 2. The van der Waals surface area contributed by atoms with Crippen LogP contribution in [0, 0.1) is 11.3 Å². The number of aryl methyl sites for hydroxylation is 1. The van der Waals surface area contributed by atoms with Crippen molar-refractivity contribution in [2.75, 3.05) is 19.6 Å². The summed E-state index contributed by atoms with van der Waals surface area (Å²) in [6.45, 7) is 13.9. The summed E-state index contributed by atoms with van der Waals surface area (Å²) in [7, 11) is 0. The Labute approximate surface area is 192 Å². The van der Waals surface area contributed by atoms with Gasteiger partial charge in [-0.2, -0.15) is 0 Å². The molecule has 2 rings (SSSR count). The molecule has 1 aromatic rings. The Kier molecular flexibility index (Phi) is 8.00. The number of hydrogen-bond donors (Lipinski definition) is 4. The molecule has 0 radical (unpaired) electrons. The molecule has 1 saturated heterocycles. The van der Waals surface area contributed by atoms with Crippen LogP contribution in [0.25, 0.3) is 0 Å². The smallest absolute Gasteiger partial charge is 0.315 e. The molecule has 7 nitrogen and oxygen atoms in total. The van der Waals surface area contributed by atoms with Gasteiger partial charge in [0.15, 0.2) is 0 Å². The maximum absolute atomic E-state index is 13.3. The fraction of sp³-hybridized carbons (Fsp3) is 0.680. The van der Waals surface area contributed by atoms with E-state index in [4.69, 9.17) is 0 Å². The van der Waals surface area contributed by atoms with Crippen LogP contribution in [-0.2, 0) is 16.8 Å². The lowest BCUT2D eigenvalue weighted by Crippen LogP contribution is -2.61. The van der Waals surface area contributed by atoms with Gasteiger partial charge in [-0.1, -0.05) is 58.9 Å². The average Bonchev–Trinajstić information content (AvgIpc) is 2.71. The van der Waals surface area contributed by atoms with Crippen molar-refractivity contribution in [1.82, 2.24) is 15.5 Å². The molecule has 0 bridgehead atoms. The van der Waals surface area contributed by atoms with E-state index in [0.29, 0.717) is 19.5 Å². The summed E-state index contributed by atoms with van der Waals surface area (Å²) in [5.41, 5.74) is -0.557. The number of benzene rings is 1. The first-order valence-electron chi connectivity index (χ1n) is 11.6. The van der Waals surface area contributed by atoms with Crippen molar-refractivity contribution in [3.63, 3.8) is 0 Å². The van der Waals surface area contributed by atoms with Gasteiger partial charge in [0, 0.05) is 25.0 Å². The predicted molar refractivity (Wildman–Crippen MR) is 126 cm³/mol. The highest BCUT2D eigenvalue weighted by molar-refractivity contribution is 5.87. The van der Waals surface area contributed by atoms with Crippen LogP contribution in [0.5, 0.6) is 0 Å². The molecule has 1 aromatic carbocycles. The Bertz CT molecular complexity index is 798. The maximum atomic E-state index is 13.3. The molecule has 0 saturated carbocycles. The Hall–Kier alpha value is -2.12. The zero-order valence-corrected chi connectivity index (χ0v) is 20.7. The first-order valence-corrected chi connectivity index (χ1v) is 11.6. The Morgan fingerprint density at radius 3 is 2.25 bits per heavy atom. The van der Waals surface area contributed by atoms with Crippen LogP contribution in [0.3, 0.4) is 0 Å². The highest BCUT2D eigenvalue weighted by atomic mass is 16.3. The number of amides is 3. The van der Waals surface area contributed by atoms with E-state index in [-0.39, 0.29) is 18.4 Å². The Balaban J connectivity index is 2.13. The first kappa shape index (κ1) is 26.1. The van der Waals surface area contributed by atoms with Gasteiger partial charge in [0.1, 0.15) is 6.04 Å². The molecule has 4 N–H and O–H groups in total. The normalized spacial score (nSPS) is 21.9. The number of urea groups is 1. The van der Waals surface area contributed by atoms with Gasteiger partial charge in [0.25, 0.3) is 0 Å². The zero-order chi connectivity index (χ0) is 24.3. The minimum absolute atomic E-state index is 0.0818. The van der Waals surface area contributed by atoms with E-state index in [1.807, 2.05) is 52.0 Å². The quantitative estimate of drug-likeness (QED) is 0.516. The van der Waals surface area contributed by atoms with Crippen LogP contribution in [0.4, 0.5) is 4.79 Å². The highest BCUT2D eigenvalue weighted by Gasteiger charge is 2.50. The number of rotatable bonds is 7. The average molecular weight is 448 g/mol. The first-order chi connectivity index (χ1) is 14.7. The van der Waals surface area contributed by atoms with Gasteiger partial charge in [-0.25, -0.2) is 4.79 Å². The van der Waals surface area contributed by atoms with Crippen molar-refractivity contribution >= 4 is 11.9 Å². The molecular formula is C25H41N3O4. The second-order valence-electron chi connectivity index (χ2n) is 10.7. The summed E-state index contributed by atoms with van der Waals surface area (Å²) < 4.78 is 0. The molecule has 7 heteroatoms. The van der Waals surface area contributed by atoms with Crippen LogP contribution >= 0.6 is 0 Å². The van der Waals surface area contributed by atoms with Gasteiger partial charge in [-0.3, -0.25) is 4.79 Å². The highest BCUT2D eigenvalue weighted by Crippen LogP contribution is 2.46. The van der Waals surface area contributed by atoms with Gasteiger partial charge >= 0.3 is 6.03 Å². The second kappa shape index (κ2) is 9.79. The number of piperidine rings is 1. The third-order valence-electron chi connectivity index (χ3n) is 6.50. The van der Waals surface area contributed by atoms with E-state index >= 15 is 0 Å². The van der Waals surface area contributed by atoms with Crippen LogP contribution in [-0.4, -0.2) is 58.3 Å². The molecule has 0 spiro atoms. The summed E-state index contributed by atoms with van der Waals surface area (Å²) in [6.07, 6.45) is 1.37. The van der Waals surface area contributed by atoms with E-state index in [1.54, 1.807) is 18.7 Å². The van der Waals surface area contributed by atoms with E-state index in [1.165, 1.54) is 5.56 Å². The van der Waals surface area contributed by atoms with Crippen molar-refractivity contribution in [1.29, 1.82) is 0 Å². The summed E-state index contributed by atoms with van der Waals surface area (Å²) in [4.78, 5) is 27.4. The maximum Gasteiger partial charge on any atom is 0.315 e. The van der Waals surface area contributed by atoms with Gasteiger partial charge in [-0.15, -0.1) is 0 Å². The zero-order valence-electron chi connectivity index (χ0n) is 20.7. The minimum Gasteiger partial charge on any atom is -0.389 e. The molecule has 1 heterocycles. The molecule has 1 aliphatic rings. The molecule has 0 aromatic heterocycles. The van der Waals surface area contributed by atoms with Gasteiger partial charge in [-0.05, 0) is 43.7 Å². The van der Waals surface area contributed by atoms with Gasteiger partial charge in [0.2, 0.25) is 5.91 Å². The number of nitrogens with zero attached hydrogens (tertiary/aromatic N) is 1. The van der Waals surface area contributed by atoms with E-state index in [9.17, 15) is 19.8 Å². The fourth-order valence-electron chi connectivity index (χ4n) is 4.26. The van der Waals surface area contributed by atoms with Crippen molar-refractivity contribution in [2.24, 2.45) is 11.3 Å². The second-order valence-corrected chi connectivity index (χ2v) is 10.7. The van der Waals surface area contributed by atoms with Crippen LogP contribution in [0.15, 0.2) is 24.3 Å². The van der Waals surface area contributed by atoms with Crippen LogP contribution in [0.1, 0.15) is 66.0 Å². The van der Waals surface area contributed by atoms with Crippen LogP contribution < -0.4 is 10.6 Å². The standard InChI is InChI=1S/C25H41N3O4/c1-8-18-9-11-19(12-10-18)25(32)13-14-28(16-23(25,4)5)21(29)20(17(2)3)27-22(30)26-15-24(6,7)31/h9-12,17,20,31-32H,8,13-16H2,1-7H3,(H2,26,27,30). The Morgan fingerprint density at radius 2 is 1.78 bits per heavy atom. The van der Waals surface area contributed by atoms with Gasteiger partial charge in [0.05, 0.1) is 11.2 Å². The number of carbonyl (C=O) groups is 2. The summed E-state index contributed by atoms with van der Waals surface area (Å²) >= 11 is 0. The molecule has 2 unspecified atom stereocenters. The molecule has 180 valence electrons. The minimum atomic E-state index is -1.04. The largest absolute Gasteiger partial charge is 0.389 e. The summed E-state index contributed by atoms with van der Waals surface area (Å²) in [5, 5.41) is 26.8. The summed E-state index contributed by atoms with van der Waals surface area (Å²) in [6, 6.07) is 6.90. The number of nitrogens with one attached hydrogen (secondary N) is 2. The van der Waals surface area contributed by atoms with E-state index < -0.39 is 28.7 Å². The molecule has 2 atom stereocenters. The molecule has 1 aliphatic heterocycles. The van der Waals surface area contributed by atoms with Crippen molar-refractivity contribution in [3.8, 4) is 0 Å². The monoisotopic (exact) mass is 447 g/mol. The Morgan fingerprint density at radius 1 is 1.19 bits per heavy atom. The van der Waals surface area contributed by atoms with Crippen LogP contribution in [0.2, 0.25) is 0 Å². The number of carbonyl (C=O) groups excluding carboxylic acids is 2. The lowest BCUT2D eigenvalue weighted by molar-refractivity contribution is -0.155. The molecular weight excluding hydrogens is 406 g/mol. The van der Waals surface area contributed by atoms with E-state index in [0.717, 1.165) is 12.0 Å². The number of hydrogen-bond acceptors (Lipinski definition) is 4. The number of likely N-dealkylation sites (tertiary alicyclic amines) is 1. The fourth-order valence-corrected chi connectivity index (χ4v) is 4.26. The van der Waals surface area contributed by atoms with E-state index in [2.05, 4.69) is 17.6 Å². The third-order valence-corrected chi connectivity index (χ3v) is 6.50. The lowest BCUT2D eigenvalue weighted by Gasteiger charge is -2.51. The predicted octanol–water partition coefficient (Wildman–Crippen LogP) is 2.79. The lowest BCUT2D eigenvalue weighted by atomic mass is 9.66. The van der Waals surface area contributed by atoms with Gasteiger partial charge < -0.3 is 25.7 Å². The molecule has 3 amide bonds. The summed E-state index contributed by atoms with van der Waals surface area (Å²) in [5.74, 6) is -0.268. The molecule has 32 heavy (non-hydrogen) atoms. The topological polar surface area (TPSA) is 102 Å². The SMILES string of the molecule is CCc1ccc(C2(O)CCN(C(=O)C(NC(=O)NCC(C)(C)O)C(C)C)CC2(C)C)cc1. The third kappa shape index (κ3) is 6.01. The van der Waals surface area contributed by atoms with Crippen molar-refractivity contribution in [3.05, 3.63) is 35.4 Å². The van der Waals surface area contributed by atoms with Crippen molar-refractivity contribution in [2.45, 2.75) is 78.6 Å². The van der Waals surface area contributed by atoms with Crippen molar-refractivity contribution < 1.29 is 19.8 Å². The molecule has 1 fully saturated rings. The molecule has 0 aliphatic carbocycles.